The topological polar surface area (TPSA) is 37.3 Å². The summed E-state index contributed by atoms with van der Waals surface area (Å²) in [6.07, 6.45) is 0.363. The fraction of sp³-hybridized carbons (Fsp3) is 0.833. The molecule has 0 aromatic rings. The zero-order valence-corrected chi connectivity index (χ0v) is 8.68. The number of carboxylic acids is 1. The van der Waals surface area contributed by atoms with Crippen molar-refractivity contribution in [3.63, 3.8) is 0 Å². The second-order valence-corrected chi connectivity index (χ2v) is 5.87. The number of rotatable bonds is 1. The molecule has 1 N–H and O–H groups in total. The lowest BCUT2D eigenvalue weighted by molar-refractivity contribution is -0.139. The van der Waals surface area contributed by atoms with Crippen LogP contribution in [-0.2, 0) is 4.79 Å². The van der Waals surface area contributed by atoms with Crippen LogP contribution in [0.3, 0.4) is 0 Å². The van der Waals surface area contributed by atoms with Gasteiger partial charge in [-0.3, -0.25) is 4.79 Å². The van der Waals surface area contributed by atoms with Crippen molar-refractivity contribution in [2.75, 3.05) is 0 Å². The molecule has 0 saturated heterocycles. The molecule has 12 heavy (non-hydrogen) atoms. The molecule has 2 nitrogen and oxygen atoms in total. The first-order chi connectivity index (χ1) is 5.29. The van der Waals surface area contributed by atoms with Gasteiger partial charge in [0.2, 0.25) is 0 Å². The van der Waals surface area contributed by atoms with Crippen molar-refractivity contribution in [2.45, 2.75) is 15.1 Å². The maximum atomic E-state index is 10.6. The molecule has 2 aliphatic rings. The van der Waals surface area contributed by atoms with Crippen LogP contribution in [0.1, 0.15) is 6.42 Å². The highest BCUT2D eigenvalue weighted by Crippen LogP contribution is 2.90. The highest BCUT2D eigenvalue weighted by Gasteiger charge is 2.97. The molecule has 0 aromatic carbocycles. The highest BCUT2D eigenvalue weighted by atomic mass is 35.5. The summed E-state index contributed by atoms with van der Waals surface area (Å²) < 4.78 is -2.60. The zero-order chi connectivity index (χ0) is 9.36. The average Bonchev–Trinajstić information content (AvgIpc) is 2.66. The van der Waals surface area contributed by atoms with Gasteiger partial charge in [0.15, 0.2) is 8.67 Å². The van der Waals surface area contributed by atoms with E-state index in [1.807, 2.05) is 0 Å². The van der Waals surface area contributed by atoms with Crippen LogP contribution in [0, 0.1) is 11.3 Å². The summed E-state index contributed by atoms with van der Waals surface area (Å²) in [7, 11) is 0. The van der Waals surface area contributed by atoms with E-state index in [9.17, 15) is 4.79 Å². The van der Waals surface area contributed by atoms with E-state index < -0.39 is 26.0 Å². The lowest BCUT2D eigenvalue weighted by atomic mass is 10.3. The molecule has 68 valence electrons. The predicted octanol–water partition coefficient (Wildman–Crippen LogP) is 2.44. The standard InChI is InChI=1S/C6H4Cl4O2/c7-5(8)4(6(5,9)10)1-2(4)3(11)12/h2H,1H2,(H,11,12)/t2-/m0/s1. The van der Waals surface area contributed by atoms with E-state index in [4.69, 9.17) is 51.5 Å². The van der Waals surface area contributed by atoms with Crippen molar-refractivity contribution in [3.05, 3.63) is 0 Å². The summed E-state index contributed by atoms with van der Waals surface area (Å²) in [6, 6.07) is 0. The molecule has 0 amide bonds. The van der Waals surface area contributed by atoms with E-state index in [1.54, 1.807) is 0 Å². The van der Waals surface area contributed by atoms with Crippen molar-refractivity contribution < 1.29 is 9.90 Å². The Balaban J connectivity index is 2.27. The molecule has 0 heterocycles. The molecule has 2 fully saturated rings. The van der Waals surface area contributed by atoms with Crippen LogP contribution in [0.5, 0.6) is 0 Å². The summed E-state index contributed by atoms with van der Waals surface area (Å²) in [5, 5.41) is 8.66. The molecule has 0 bridgehead atoms. The molecule has 0 aromatic heterocycles. The van der Waals surface area contributed by atoms with Crippen LogP contribution in [0.15, 0.2) is 0 Å². The van der Waals surface area contributed by atoms with Gasteiger partial charge in [0.05, 0.1) is 11.3 Å². The molecule has 0 radical (unpaired) electrons. The SMILES string of the molecule is O=C(O)[C@@H]1CC12C(Cl)(Cl)C2(Cl)Cl. The first-order valence-electron chi connectivity index (χ1n) is 3.27. The summed E-state index contributed by atoms with van der Waals surface area (Å²) in [4.78, 5) is 10.6. The van der Waals surface area contributed by atoms with Gasteiger partial charge in [-0.05, 0) is 6.42 Å². The second kappa shape index (κ2) is 2.00. The lowest BCUT2D eigenvalue weighted by Gasteiger charge is -1.93. The van der Waals surface area contributed by atoms with Gasteiger partial charge >= 0.3 is 5.97 Å². The Hall–Kier alpha value is 0.630. The molecule has 2 aliphatic carbocycles. The highest BCUT2D eigenvalue weighted by molar-refractivity contribution is 6.69. The van der Waals surface area contributed by atoms with Gasteiger partial charge in [0.25, 0.3) is 0 Å². The van der Waals surface area contributed by atoms with Gasteiger partial charge < -0.3 is 5.11 Å². The first-order valence-corrected chi connectivity index (χ1v) is 4.78. The van der Waals surface area contributed by atoms with Crippen LogP contribution >= 0.6 is 46.4 Å². The van der Waals surface area contributed by atoms with Crippen molar-refractivity contribution >= 4 is 52.4 Å². The molecule has 6 heteroatoms. The predicted molar refractivity (Wildman–Crippen MR) is 47.0 cm³/mol. The van der Waals surface area contributed by atoms with E-state index in [2.05, 4.69) is 0 Å². The Bertz CT molecular complexity index is 259. The number of hydrogen-bond donors (Lipinski definition) is 1. The molecule has 1 atom stereocenters. The minimum atomic E-state index is -1.30. The molecule has 0 unspecified atom stereocenters. The van der Waals surface area contributed by atoms with Crippen molar-refractivity contribution in [1.82, 2.24) is 0 Å². The second-order valence-electron chi connectivity index (χ2n) is 3.22. The van der Waals surface area contributed by atoms with Crippen molar-refractivity contribution in [2.24, 2.45) is 11.3 Å². The van der Waals surface area contributed by atoms with E-state index in [0.717, 1.165) is 0 Å². The van der Waals surface area contributed by atoms with Gasteiger partial charge in [-0.1, -0.05) is 46.4 Å². The molecule has 0 aliphatic heterocycles. The van der Waals surface area contributed by atoms with E-state index >= 15 is 0 Å². The van der Waals surface area contributed by atoms with Gasteiger partial charge in [-0.25, -0.2) is 0 Å². The summed E-state index contributed by atoms with van der Waals surface area (Å²) in [5.41, 5.74) is -0.807. The van der Waals surface area contributed by atoms with Crippen LogP contribution in [-0.4, -0.2) is 19.7 Å². The maximum Gasteiger partial charge on any atom is 0.307 e. The fourth-order valence-electron chi connectivity index (χ4n) is 1.74. The third kappa shape index (κ3) is 0.661. The summed E-state index contributed by atoms with van der Waals surface area (Å²) in [6.45, 7) is 0. The molecule has 2 rings (SSSR count). The third-order valence-corrected chi connectivity index (χ3v) is 5.58. The number of alkyl halides is 4. The smallest absolute Gasteiger partial charge is 0.307 e. The number of hydrogen-bond acceptors (Lipinski definition) is 1. The van der Waals surface area contributed by atoms with Gasteiger partial charge in [0.1, 0.15) is 0 Å². The quantitative estimate of drug-likeness (QED) is 0.725. The van der Waals surface area contributed by atoms with Crippen molar-refractivity contribution in [3.8, 4) is 0 Å². The molecular formula is C6H4Cl4O2. The number of carboxylic acid groups (broad SMARTS) is 1. The Morgan fingerprint density at radius 3 is 1.75 bits per heavy atom. The zero-order valence-electron chi connectivity index (χ0n) is 5.65. The van der Waals surface area contributed by atoms with Gasteiger partial charge in [-0.2, -0.15) is 0 Å². The molecular weight excluding hydrogens is 246 g/mol. The first kappa shape index (κ1) is 9.20. The van der Waals surface area contributed by atoms with Crippen molar-refractivity contribution in [1.29, 1.82) is 0 Å². The maximum absolute atomic E-state index is 10.6. The summed E-state index contributed by atoms with van der Waals surface area (Å²) in [5.74, 6) is -1.54. The normalized spacial score (nSPS) is 37.8. The Kier molecular flexibility index (Phi) is 1.53. The van der Waals surface area contributed by atoms with Crippen LogP contribution in [0.4, 0.5) is 0 Å². The Morgan fingerprint density at radius 2 is 1.67 bits per heavy atom. The Morgan fingerprint density at radius 1 is 1.25 bits per heavy atom. The fourth-order valence-corrected chi connectivity index (χ4v) is 3.83. The minimum Gasteiger partial charge on any atom is -0.481 e. The van der Waals surface area contributed by atoms with Gasteiger partial charge in [-0.15, -0.1) is 0 Å². The number of halogens is 4. The largest absolute Gasteiger partial charge is 0.481 e. The van der Waals surface area contributed by atoms with E-state index in [0.29, 0.717) is 6.42 Å². The average molecular weight is 250 g/mol. The number of aliphatic carboxylic acids is 1. The summed E-state index contributed by atoms with van der Waals surface area (Å²) >= 11 is 23.1. The van der Waals surface area contributed by atoms with Crippen LogP contribution in [0.2, 0.25) is 0 Å². The lowest BCUT2D eigenvalue weighted by Crippen LogP contribution is -2.03. The molecule has 1 spiro atoms. The van der Waals surface area contributed by atoms with E-state index in [1.165, 1.54) is 0 Å². The Labute approximate surface area is 88.7 Å². The number of carbonyl (C=O) groups is 1. The van der Waals surface area contributed by atoms with E-state index in [-0.39, 0.29) is 0 Å². The van der Waals surface area contributed by atoms with Crippen LogP contribution < -0.4 is 0 Å². The van der Waals surface area contributed by atoms with Crippen LogP contribution in [0.25, 0.3) is 0 Å². The minimum absolute atomic E-state index is 0.363. The van der Waals surface area contributed by atoms with Gasteiger partial charge in [0, 0.05) is 0 Å². The monoisotopic (exact) mass is 248 g/mol. The molecule has 2 saturated carbocycles. The third-order valence-electron chi connectivity index (χ3n) is 2.71.